The first-order valence-corrected chi connectivity index (χ1v) is 7.95. The third-order valence-electron chi connectivity index (χ3n) is 3.89. The Kier molecular flexibility index (Phi) is 4.59. The Hall–Kier alpha value is -2.71. The topological polar surface area (TPSA) is 34.1 Å². The average Bonchev–Trinajstić information content (AvgIpc) is 2.61. The van der Waals surface area contributed by atoms with E-state index in [1.54, 1.807) is 36.4 Å². The van der Waals surface area contributed by atoms with E-state index in [2.05, 4.69) is 0 Å². The van der Waals surface area contributed by atoms with E-state index in [0.717, 1.165) is 16.7 Å². The van der Waals surface area contributed by atoms with Crippen molar-refractivity contribution in [1.82, 2.24) is 0 Å². The highest BCUT2D eigenvalue weighted by Crippen LogP contribution is 2.26. The van der Waals surface area contributed by atoms with Crippen molar-refractivity contribution < 1.29 is 9.59 Å². The number of benzene rings is 3. The van der Waals surface area contributed by atoms with Crippen LogP contribution in [0.15, 0.2) is 72.8 Å². The van der Waals surface area contributed by atoms with Crippen LogP contribution in [-0.2, 0) is 0 Å². The highest BCUT2D eigenvalue weighted by molar-refractivity contribution is 6.49. The summed E-state index contributed by atoms with van der Waals surface area (Å²) in [6, 6.07) is 21.3. The Labute approximate surface area is 145 Å². The molecule has 0 unspecified atom stereocenters. The van der Waals surface area contributed by atoms with Gasteiger partial charge in [0.25, 0.3) is 0 Å². The summed E-state index contributed by atoms with van der Waals surface area (Å²) in [7, 11) is 0. The van der Waals surface area contributed by atoms with Crippen LogP contribution in [0, 0.1) is 6.92 Å². The lowest BCUT2D eigenvalue weighted by Crippen LogP contribution is -2.14. The summed E-state index contributed by atoms with van der Waals surface area (Å²) in [6.45, 7) is 1.99. The molecular formula is C21H15ClO2. The van der Waals surface area contributed by atoms with Crippen LogP contribution >= 0.6 is 11.6 Å². The van der Waals surface area contributed by atoms with E-state index < -0.39 is 11.6 Å². The lowest BCUT2D eigenvalue weighted by atomic mass is 9.97. The molecule has 118 valence electrons. The van der Waals surface area contributed by atoms with Gasteiger partial charge in [0, 0.05) is 16.1 Å². The molecule has 2 nitrogen and oxygen atoms in total. The number of carbonyl (C=O) groups excluding carboxylic acids is 2. The minimum Gasteiger partial charge on any atom is -0.285 e. The lowest BCUT2D eigenvalue weighted by molar-refractivity contribution is 0.0817. The molecule has 0 aliphatic rings. The molecule has 0 atom stereocenters. The predicted octanol–water partition coefficient (Wildman–Crippen LogP) is 5.38. The minimum atomic E-state index is -0.499. The summed E-state index contributed by atoms with van der Waals surface area (Å²) >= 11 is 5.98. The number of hydrogen-bond donors (Lipinski definition) is 0. The number of carbonyl (C=O) groups is 2. The molecule has 0 aromatic heterocycles. The Morgan fingerprint density at radius 3 is 1.92 bits per heavy atom. The molecule has 3 heteroatoms. The molecule has 0 amide bonds. The van der Waals surface area contributed by atoms with Gasteiger partial charge in [-0.1, -0.05) is 72.3 Å². The van der Waals surface area contributed by atoms with Crippen LogP contribution in [0.5, 0.6) is 0 Å². The molecule has 0 saturated carbocycles. The summed E-state index contributed by atoms with van der Waals surface area (Å²) in [5.74, 6) is -0.994. The van der Waals surface area contributed by atoms with Gasteiger partial charge in [0.2, 0.25) is 11.6 Å². The van der Waals surface area contributed by atoms with Crippen molar-refractivity contribution in [2.75, 3.05) is 0 Å². The second-order valence-electron chi connectivity index (χ2n) is 5.56. The fourth-order valence-corrected chi connectivity index (χ4v) is 2.83. The smallest absolute Gasteiger partial charge is 0.233 e. The van der Waals surface area contributed by atoms with E-state index in [-0.39, 0.29) is 0 Å². The molecule has 0 radical (unpaired) electrons. The zero-order valence-corrected chi connectivity index (χ0v) is 13.9. The summed E-state index contributed by atoms with van der Waals surface area (Å²) in [5, 5.41) is 0.691. The summed E-state index contributed by atoms with van der Waals surface area (Å²) in [4.78, 5) is 24.6. The standard InChI is InChI=1S/C21H15ClO2/c1-14-13-18(22)11-12-19(14)15-7-9-17(10-8-15)21(24)20(23)16-5-3-2-4-6-16/h2-13H,1H3. The van der Waals surface area contributed by atoms with Gasteiger partial charge in [-0.15, -0.1) is 0 Å². The van der Waals surface area contributed by atoms with Gasteiger partial charge in [0.1, 0.15) is 0 Å². The zero-order chi connectivity index (χ0) is 17.1. The van der Waals surface area contributed by atoms with Crippen molar-refractivity contribution in [3.63, 3.8) is 0 Å². The molecule has 0 aliphatic carbocycles. The van der Waals surface area contributed by atoms with Crippen molar-refractivity contribution >= 4 is 23.2 Å². The van der Waals surface area contributed by atoms with E-state index in [0.29, 0.717) is 16.1 Å². The molecule has 0 saturated heterocycles. The predicted molar refractivity (Wildman–Crippen MR) is 96.7 cm³/mol. The van der Waals surface area contributed by atoms with Crippen LogP contribution in [0.4, 0.5) is 0 Å². The van der Waals surface area contributed by atoms with Gasteiger partial charge in [-0.05, 0) is 35.7 Å². The highest BCUT2D eigenvalue weighted by Gasteiger charge is 2.18. The van der Waals surface area contributed by atoms with Crippen LogP contribution in [0.2, 0.25) is 5.02 Å². The number of hydrogen-bond acceptors (Lipinski definition) is 2. The van der Waals surface area contributed by atoms with Gasteiger partial charge >= 0.3 is 0 Å². The van der Waals surface area contributed by atoms with Gasteiger partial charge in [-0.3, -0.25) is 9.59 Å². The Morgan fingerprint density at radius 2 is 1.33 bits per heavy atom. The Bertz CT molecular complexity index is 897. The first kappa shape index (κ1) is 16.2. The largest absolute Gasteiger partial charge is 0.285 e. The maximum atomic E-state index is 12.3. The zero-order valence-electron chi connectivity index (χ0n) is 13.1. The molecule has 3 aromatic rings. The maximum Gasteiger partial charge on any atom is 0.233 e. The third kappa shape index (κ3) is 3.29. The van der Waals surface area contributed by atoms with E-state index in [1.807, 2.05) is 43.3 Å². The molecule has 0 N–H and O–H groups in total. The van der Waals surface area contributed by atoms with Gasteiger partial charge in [0.15, 0.2) is 0 Å². The van der Waals surface area contributed by atoms with Crippen molar-refractivity contribution in [3.8, 4) is 11.1 Å². The van der Waals surface area contributed by atoms with E-state index in [9.17, 15) is 9.59 Å². The number of ketones is 2. The van der Waals surface area contributed by atoms with Gasteiger partial charge in [-0.25, -0.2) is 0 Å². The van der Waals surface area contributed by atoms with Crippen LogP contribution in [-0.4, -0.2) is 11.6 Å². The van der Waals surface area contributed by atoms with E-state index in [4.69, 9.17) is 11.6 Å². The first-order chi connectivity index (χ1) is 11.6. The molecule has 0 heterocycles. The van der Waals surface area contributed by atoms with Crippen molar-refractivity contribution in [2.45, 2.75) is 6.92 Å². The fraction of sp³-hybridized carbons (Fsp3) is 0.0476. The van der Waals surface area contributed by atoms with Gasteiger partial charge < -0.3 is 0 Å². The van der Waals surface area contributed by atoms with Crippen molar-refractivity contribution in [2.24, 2.45) is 0 Å². The number of aryl methyl sites for hydroxylation is 1. The normalized spacial score (nSPS) is 10.4. The third-order valence-corrected chi connectivity index (χ3v) is 4.12. The van der Waals surface area contributed by atoms with Gasteiger partial charge in [0.05, 0.1) is 0 Å². The van der Waals surface area contributed by atoms with Crippen LogP contribution in [0.3, 0.4) is 0 Å². The van der Waals surface area contributed by atoms with Crippen molar-refractivity contribution in [3.05, 3.63) is 94.5 Å². The molecular weight excluding hydrogens is 320 g/mol. The summed E-state index contributed by atoms with van der Waals surface area (Å²) in [5.41, 5.74) is 3.88. The van der Waals surface area contributed by atoms with Gasteiger partial charge in [-0.2, -0.15) is 0 Å². The fourth-order valence-electron chi connectivity index (χ4n) is 2.60. The second-order valence-corrected chi connectivity index (χ2v) is 6.00. The van der Waals surface area contributed by atoms with Crippen LogP contribution < -0.4 is 0 Å². The molecule has 0 fully saturated rings. The molecule has 3 aromatic carbocycles. The number of rotatable bonds is 4. The maximum absolute atomic E-state index is 12.3. The molecule has 0 aliphatic heterocycles. The molecule has 3 rings (SSSR count). The van der Waals surface area contributed by atoms with E-state index >= 15 is 0 Å². The number of halogens is 1. The van der Waals surface area contributed by atoms with Crippen LogP contribution in [0.1, 0.15) is 26.3 Å². The number of Topliss-reactive ketones (excluding diaryl/α,β-unsaturated/α-hetero) is 2. The Morgan fingerprint density at radius 1 is 0.750 bits per heavy atom. The van der Waals surface area contributed by atoms with Crippen molar-refractivity contribution in [1.29, 1.82) is 0 Å². The SMILES string of the molecule is Cc1cc(Cl)ccc1-c1ccc(C(=O)C(=O)c2ccccc2)cc1. The molecule has 0 bridgehead atoms. The molecule has 0 spiro atoms. The highest BCUT2D eigenvalue weighted by atomic mass is 35.5. The van der Waals surface area contributed by atoms with Crippen LogP contribution in [0.25, 0.3) is 11.1 Å². The second kappa shape index (κ2) is 6.81. The minimum absolute atomic E-state index is 0.388. The summed E-state index contributed by atoms with van der Waals surface area (Å²) < 4.78 is 0. The quantitative estimate of drug-likeness (QED) is 0.474. The molecule has 24 heavy (non-hydrogen) atoms. The lowest BCUT2D eigenvalue weighted by Gasteiger charge is -2.07. The first-order valence-electron chi connectivity index (χ1n) is 7.57. The van der Waals surface area contributed by atoms with E-state index in [1.165, 1.54) is 0 Å². The monoisotopic (exact) mass is 334 g/mol. The Balaban J connectivity index is 1.87. The summed E-state index contributed by atoms with van der Waals surface area (Å²) in [6.07, 6.45) is 0. The average molecular weight is 335 g/mol.